The van der Waals surface area contributed by atoms with Gasteiger partial charge in [-0.1, -0.05) is 6.07 Å². The van der Waals surface area contributed by atoms with Crippen LogP contribution in [0.3, 0.4) is 0 Å². The van der Waals surface area contributed by atoms with Gasteiger partial charge in [0.15, 0.2) is 12.0 Å². The molecule has 2 aromatic rings. The summed E-state index contributed by atoms with van der Waals surface area (Å²) in [5, 5.41) is 6.14. The monoisotopic (exact) mass is 362 g/mol. The van der Waals surface area contributed by atoms with E-state index in [1.807, 2.05) is 24.3 Å². The Labute approximate surface area is 157 Å². The van der Waals surface area contributed by atoms with Crippen LogP contribution in [0.4, 0.5) is 0 Å². The third-order valence-electron chi connectivity index (χ3n) is 6.75. The molecule has 1 aromatic heterocycles. The Morgan fingerprint density at radius 1 is 1.11 bits per heavy atom. The molecule has 1 saturated heterocycles. The van der Waals surface area contributed by atoms with Gasteiger partial charge in [0.2, 0.25) is 5.96 Å². The molecule has 5 fully saturated rings. The standard InChI is InChI=1S/C21H22N4O2/c26-19-17(6-12-1-2-16-18(7-12)27-11-22-16)23-20(24-19)25-21-8-13-3-14(9-21)5-15(4-13)10-21/h1-2,6-7,11,13-15H,3-5,8-10H2,(H2,23,24,25,26)/b17-6-. The molecular formula is C21H22N4O2. The lowest BCUT2D eigenvalue weighted by Gasteiger charge is -2.54. The number of nitrogens with one attached hydrogen (secondary N) is 2. The molecule has 2 heterocycles. The summed E-state index contributed by atoms with van der Waals surface area (Å²) in [5.41, 5.74) is 2.99. The SMILES string of the molecule is O=C1NC(=NC23CC4CC(CC(C4)C2)C3)N/C1=C\c1ccc2ncoc2c1. The van der Waals surface area contributed by atoms with Crippen LogP contribution in [0, 0.1) is 17.8 Å². The number of guanidine groups is 1. The van der Waals surface area contributed by atoms with Crippen LogP contribution < -0.4 is 10.6 Å². The summed E-state index contributed by atoms with van der Waals surface area (Å²) in [7, 11) is 0. The Bertz CT molecular complexity index is 967. The second-order valence-corrected chi connectivity index (χ2v) is 8.82. The first-order chi connectivity index (χ1) is 13.1. The van der Waals surface area contributed by atoms with Gasteiger partial charge < -0.3 is 9.73 Å². The minimum absolute atomic E-state index is 0.0402. The van der Waals surface area contributed by atoms with Gasteiger partial charge in [0.1, 0.15) is 11.2 Å². The van der Waals surface area contributed by atoms with Crippen LogP contribution in [0.15, 0.2) is 39.7 Å². The molecule has 6 heteroatoms. The van der Waals surface area contributed by atoms with E-state index in [1.165, 1.54) is 44.9 Å². The van der Waals surface area contributed by atoms with Crippen molar-refractivity contribution in [3.8, 4) is 0 Å². The van der Waals surface area contributed by atoms with Crippen molar-refractivity contribution in [3.63, 3.8) is 0 Å². The van der Waals surface area contributed by atoms with Gasteiger partial charge >= 0.3 is 0 Å². The molecule has 4 aliphatic carbocycles. The molecule has 0 unspecified atom stereocenters. The number of rotatable bonds is 2. The maximum Gasteiger partial charge on any atom is 0.274 e. The number of aliphatic imine (C=N–C) groups is 1. The molecule has 0 radical (unpaired) electrons. The Hall–Kier alpha value is -2.63. The van der Waals surface area contributed by atoms with Crippen LogP contribution in [0.25, 0.3) is 17.2 Å². The zero-order valence-electron chi connectivity index (χ0n) is 15.1. The smallest absolute Gasteiger partial charge is 0.274 e. The predicted molar refractivity (Wildman–Crippen MR) is 102 cm³/mol. The number of carbonyl (C=O) groups is 1. The molecule has 138 valence electrons. The van der Waals surface area contributed by atoms with E-state index >= 15 is 0 Å². The summed E-state index contributed by atoms with van der Waals surface area (Å²) < 4.78 is 5.34. The highest BCUT2D eigenvalue weighted by atomic mass is 16.3. The molecule has 27 heavy (non-hydrogen) atoms. The van der Waals surface area contributed by atoms with E-state index in [9.17, 15) is 4.79 Å². The molecule has 6 nitrogen and oxygen atoms in total. The van der Waals surface area contributed by atoms with Gasteiger partial charge in [0.05, 0.1) is 5.54 Å². The van der Waals surface area contributed by atoms with Crippen molar-refractivity contribution in [3.05, 3.63) is 35.9 Å². The quantitative estimate of drug-likeness (QED) is 0.804. The van der Waals surface area contributed by atoms with Gasteiger partial charge in [-0.2, -0.15) is 0 Å². The first-order valence-electron chi connectivity index (χ1n) is 9.87. The lowest BCUT2D eigenvalue weighted by Crippen LogP contribution is -2.50. The molecule has 1 aromatic carbocycles. The van der Waals surface area contributed by atoms with E-state index in [0.29, 0.717) is 17.2 Å². The average Bonchev–Trinajstić information content (AvgIpc) is 3.19. The van der Waals surface area contributed by atoms with Crippen LogP contribution in [-0.4, -0.2) is 22.4 Å². The maximum absolute atomic E-state index is 12.4. The van der Waals surface area contributed by atoms with E-state index in [-0.39, 0.29) is 11.4 Å². The fourth-order valence-corrected chi connectivity index (χ4v) is 6.12. The Balaban J connectivity index is 1.27. The first-order valence-corrected chi connectivity index (χ1v) is 9.87. The average molecular weight is 362 g/mol. The minimum atomic E-state index is -0.129. The molecule has 4 saturated carbocycles. The molecule has 2 N–H and O–H groups in total. The lowest BCUT2D eigenvalue weighted by molar-refractivity contribution is -0.115. The number of fused-ring (bicyclic) bond motifs is 1. The minimum Gasteiger partial charge on any atom is -0.443 e. The van der Waals surface area contributed by atoms with Crippen molar-refractivity contribution < 1.29 is 9.21 Å². The van der Waals surface area contributed by atoms with Gasteiger partial charge in [-0.25, -0.2) is 9.98 Å². The Morgan fingerprint density at radius 3 is 2.59 bits per heavy atom. The molecule has 7 rings (SSSR count). The topological polar surface area (TPSA) is 79.5 Å². The number of hydrogen-bond donors (Lipinski definition) is 2. The normalized spacial score (nSPS) is 37.3. The van der Waals surface area contributed by atoms with Gasteiger partial charge in [-0.05, 0) is 80.1 Å². The van der Waals surface area contributed by atoms with Crippen LogP contribution in [0.2, 0.25) is 0 Å². The van der Waals surface area contributed by atoms with Crippen molar-refractivity contribution in [1.29, 1.82) is 0 Å². The molecule has 1 aliphatic heterocycles. The zero-order valence-corrected chi connectivity index (χ0v) is 15.1. The van der Waals surface area contributed by atoms with Crippen molar-refractivity contribution in [1.82, 2.24) is 15.6 Å². The van der Waals surface area contributed by atoms with Crippen LogP contribution in [0.1, 0.15) is 44.1 Å². The van der Waals surface area contributed by atoms with Crippen molar-refractivity contribution >= 4 is 29.0 Å². The third-order valence-corrected chi connectivity index (χ3v) is 6.75. The molecule has 0 spiro atoms. The van der Waals surface area contributed by atoms with Gasteiger partial charge in [-0.3, -0.25) is 10.1 Å². The number of aromatic nitrogens is 1. The number of nitrogens with zero attached hydrogens (tertiary/aromatic N) is 2. The van der Waals surface area contributed by atoms with Gasteiger partial charge in [-0.15, -0.1) is 0 Å². The summed E-state index contributed by atoms with van der Waals surface area (Å²) in [6.07, 6.45) is 11.0. The lowest BCUT2D eigenvalue weighted by atomic mass is 9.53. The van der Waals surface area contributed by atoms with E-state index in [0.717, 1.165) is 28.8 Å². The maximum atomic E-state index is 12.4. The van der Waals surface area contributed by atoms with Gasteiger partial charge in [0.25, 0.3) is 5.91 Å². The number of amides is 1. The predicted octanol–water partition coefficient (Wildman–Crippen LogP) is 3.21. The van der Waals surface area contributed by atoms with Crippen molar-refractivity contribution in [2.45, 2.75) is 44.1 Å². The van der Waals surface area contributed by atoms with E-state index in [4.69, 9.17) is 9.41 Å². The van der Waals surface area contributed by atoms with E-state index in [2.05, 4.69) is 15.6 Å². The summed E-state index contributed by atoms with van der Waals surface area (Å²) >= 11 is 0. The van der Waals surface area contributed by atoms with E-state index in [1.54, 1.807) is 0 Å². The van der Waals surface area contributed by atoms with Crippen LogP contribution in [-0.2, 0) is 4.79 Å². The second-order valence-electron chi connectivity index (χ2n) is 8.82. The Morgan fingerprint density at radius 2 is 1.85 bits per heavy atom. The fourth-order valence-electron chi connectivity index (χ4n) is 6.12. The molecule has 5 aliphatic rings. The first kappa shape index (κ1) is 15.4. The van der Waals surface area contributed by atoms with Crippen molar-refractivity contribution in [2.24, 2.45) is 22.7 Å². The number of oxazole rings is 1. The number of carbonyl (C=O) groups excluding carboxylic acids is 1. The highest BCUT2D eigenvalue weighted by molar-refractivity contribution is 6.15. The number of benzene rings is 1. The summed E-state index contributed by atoms with van der Waals surface area (Å²) in [6, 6.07) is 5.71. The van der Waals surface area contributed by atoms with Crippen molar-refractivity contribution in [2.75, 3.05) is 0 Å². The third kappa shape index (κ3) is 2.58. The summed E-state index contributed by atoms with van der Waals surface area (Å²) in [4.78, 5) is 21.6. The summed E-state index contributed by atoms with van der Waals surface area (Å²) in [5.74, 6) is 2.99. The van der Waals surface area contributed by atoms with Gasteiger partial charge in [0, 0.05) is 0 Å². The molecular weight excluding hydrogens is 340 g/mol. The number of hydrogen-bond acceptors (Lipinski definition) is 4. The zero-order chi connectivity index (χ0) is 18.0. The van der Waals surface area contributed by atoms with Crippen LogP contribution >= 0.6 is 0 Å². The highest BCUT2D eigenvalue weighted by Crippen LogP contribution is 2.57. The summed E-state index contributed by atoms with van der Waals surface area (Å²) in [6.45, 7) is 0. The van der Waals surface area contributed by atoms with E-state index < -0.39 is 0 Å². The molecule has 4 bridgehead atoms. The Kier molecular flexibility index (Phi) is 3.11. The largest absolute Gasteiger partial charge is 0.443 e. The molecule has 1 amide bonds. The highest BCUT2D eigenvalue weighted by Gasteiger charge is 2.51. The van der Waals surface area contributed by atoms with Crippen LogP contribution in [0.5, 0.6) is 0 Å². The second kappa shape index (κ2) is 5.44. The molecule has 0 atom stereocenters. The fraction of sp³-hybridized carbons (Fsp3) is 0.476.